The van der Waals surface area contributed by atoms with Gasteiger partial charge >= 0.3 is 0 Å². The first-order chi connectivity index (χ1) is 13.4. The van der Waals surface area contributed by atoms with Crippen LogP contribution in [0.15, 0.2) is 34.0 Å². The molecule has 0 radical (unpaired) electrons. The lowest BCUT2D eigenvalue weighted by Gasteiger charge is -2.10. The normalized spacial score (nSPS) is 11.5. The topological polar surface area (TPSA) is 100 Å². The number of aromatic nitrogens is 1. The van der Waals surface area contributed by atoms with E-state index in [9.17, 15) is 14.4 Å². The number of hydrogen-bond donors (Lipinski definition) is 3. The molecule has 1 unspecified atom stereocenters. The number of rotatable bonds is 9. The van der Waals surface area contributed by atoms with Gasteiger partial charge in [-0.05, 0) is 31.5 Å². The van der Waals surface area contributed by atoms with E-state index < -0.39 is 0 Å². The molecule has 0 saturated carbocycles. The maximum atomic E-state index is 12.2. The third-order valence-electron chi connectivity index (χ3n) is 3.69. The monoisotopic (exact) mass is 420 g/mol. The van der Waals surface area contributed by atoms with Crippen LogP contribution in [0.25, 0.3) is 0 Å². The van der Waals surface area contributed by atoms with E-state index in [1.807, 2.05) is 19.2 Å². The van der Waals surface area contributed by atoms with Gasteiger partial charge in [-0.15, -0.1) is 11.3 Å². The van der Waals surface area contributed by atoms with E-state index in [0.717, 1.165) is 10.8 Å². The van der Waals surface area contributed by atoms with Gasteiger partial charge in [-0.3, -0.25) is 14.4 Å². The summed E-state index contributed by atoms with van der Waals surface area (Å²) in [6, 6.07) is 7.10. The molecule has 1 heterocycles. The van der Waals surface area contributed by atoms with Crippen LogP contribution in [0.3, 0.4) is 0 Å². The fraction of sp³-hybridized carbons (Fsp3) is 0.368. The van der Waals surface area contributed by atoms with E-state index >= 15 is 0 Å². The number of amides is 3. The SMILES string of the molecule is CCC(C)NC(=O)Cc1csc(SCC(=O)Nc2cccc(NC(C)=O)c2)n1. The summed E-state index contributed by atoms with van der Waals surface area (Å²) in [5.74, 6) is -0.184. The Hall–Kier alpha value is -2.39. The van der Waals surface area contributed by atoms with Crippen LogP contribution in [0.5, 0.6) is 0 Å². The van der Waals surface area contributed by atoms with Crippen LogP contribution in [0.2, 0.25) is 0 Å². The summed E-state index contributed by atoms with van der Waals surface area (Å²) >= 11 is 2.74. The lowest BCUT2D eigenvalue weighted by molar-refractivity contribution is -0.121. The first kappa shape index (κ1) is 21.9. The first-order valence-corrected chi connectivity index (χ1v) is 10.8. The van der Waals surface area contributed by atoms with Crippen LogP contribution in [0.1, 0.15) is 32.9 Å². The molecule has 28 heavy (non-hydrogen) atoms. The predicted molar refractivity (Wildman–Crippen MR) is 114 cm³/mol. The minimum absolute atomic E-state index is 0.0482. The number of nitrogens with one attached hydrogen (secondary N) is 3. The van der Waals surface area contributed by atoms with E-state index in [2.05, 4.69) is 20.9 Å². The van der Waals surface area contributed by atoms with Crippen LogP contribution in [-0.4, -0.2) is 34.5 Å². The number of carbonyl (C=O) groups is 3. The molecule has 1 atom stereocenters. The third-order valence-corrected chi connectivity index (χ3v) is 5.76. The van der Waals surface area contributed by atoms with Crippen LogP contribution >= 0.6 is 23.1 Å². The second-order valence-corrected chi connectivity index (χ2v) is 8.34. The zero-order chi connectivity index (χ0) is 20.5. The second-order valence-electron chi connectivity index (χ2n) is 6.26. The molecule has 0 spiro atoms. The molecule has 0 aliphatic rings. The largest absolute Gasteiger partial charge is 0.353 e. The van der Waals surface area contributed by atoms with Crippen LogP contribution < -0.4 is 16.0 Å². The number of hydrogen-bond acceptors (Lipinski definition) is 6. The molecule has 1 aromatic carbocycles. The molecule has 1 aromatic heterocycles. The Morgan fingerprint density at radius 3 is 2.57 bits per heavy atom. The molecular formula is C19H24N4O3S2. The molecule has 2 aromatic rings. The summed E-state index contributed by atoms with van der Waals surface area (Å²) in [7, 11) is 0. The molecule has 0 bridgehead atoms. The summed E-state index contributed by atoms with van der Waals surface area (Å²) < 4.78 is 0.744. The van der Waals surface area contributed by atoms with Gasteiger partial charge in [0.15, 0.2) is 4.34 Å². The van der Waals surface area contributed by atoms with Gasteiger partial charge in [0.05, 0.1) is 17.9 Å². The number of carbonyl (C=O) groups excluding carboxylic acids is 3. The smallest absolute Gasteiger partial charge is 0.234 e. The van der Waals surface area contributed by atoms with E-state index in [4.69, 9.17) is 0 Å². The van der Waals surface area contributed by atoms with Gasteiger partial charge in [0.25, 0.3) is 0 Å². The predicted octanol–water partition coefficient (Wildman–Crippen LogP) is 3.29. The molecular weight excluding hydrogens is 396 g/mol. The zero-order valence-corrected chi connectivity index (χ0v) is 17.7. The zero-order valence-electron chi connectivity index (χ0n) is 16.1. The van der Waals surface area contributed by atoms with Gasteiger partial charge in [0.1, 0.15) is 0 Å². The standard InChI is InChI=1S/C19H24N4O3S2/c1-4-12(2)20-17(25)9-16-10-27-19(23-16)28-11-18(26)22-15-7-5-6-14(8-15)21-13(3)24/h5-8,10,12H,4,9,11H2,1-3H3,(H,20,25)(H,21,24)(H,22,26). The Labute approximate surface area is 172 Å². The van der Waals surface area contributed by atoms with Crippen molar-refractivity contribution in [2.75, 3.05) is 16.4 Å². The van der Waals surface area contributed by atoms with Crippen molar-refractivity contribution in [1.29, 1.82) is 0 Å². The molecule has 3 amide bonds. The van der Waals surface area contributed by atoms with E-state index in [-0.39, 0.29) is 35.9 Å². The maximum absolute atomic E-state index is 12.2. The average molecular weight is 421 g/mol. The fourth-order valence-electron chi connectivity index (χ4n) is 2.23. The van der Waals surface area contributed by atoms with Gasteiger partial charge in [-0.2, -0.15) is 0 Å². The number of anilines is 2. The minimum atomic E-state index is -0.170. The van der Waals surface area contributed by atoms with Crippen molar-refractivity contribution < 1.29 is 14.4 Å². The maximum Gasteiger partial charge on any atom is 0.234 e. The highest BCUT2D eigenvalue weighted by Crippen LogP contribution is 2.23. The fourth-order valence-corrected chi connectivity index (χ4v) is 3.88. The Morgan fingerprint density at radius 2 is 1.89 bits per heavy atom. The minimum Gasteiger partial charge on any atom is -0.353 e. The van der Waals surface area contributed by atoms with Crippen molar-refractivity contribution in [1.82, 2.24) is 10.3 Å². The number of benzene rings is 1. The summed E-state index contributed by atoms with van der Waals surface area (Å²) in [4.78, 5) is 39.6. The molecule has 0 aliphatic heterocycles. The molecule has 150 valence electrons. The highest BCUT2D eigenvalue weighted by Gasteiger charge is 2.11. The van der Waals surface area contributed by atoms with E-state index in [1.165, 1.54) is 30.0 Å². The third kappa shape index (κ3) is 7.69. The van der Waals surface area contributed by atoms with Gasteiger partial charge in [-0.1, -0.05) is 24.8 Å². The number of thiazole rings is 1. The molecule has 7 nitrogen and oxygen atoms in total. The average Bonchev–Trinajstić information content (AvgIpc) is 3.06. The lowest BCUT2D eigenvalue weighted by atomic mass is 10.2. The Balaban J connectivity index is 1.81. The van der Waals surface area contributed by atoms with Crippen molar-refractivity contribution in [3.63, 3.8) is 0 Å². The van der Waals surface area contributed by atoms with Gasteiger partial charge in [0.2, 0.25) is 17.7 Å². The van der Waals surface area contributed by atoms with Crippen LogP contribution in [-0.2, 0) is 20.8 Å². The molecule has 0 fully saturated rings. The second kappa shape index (κ2) is 10.8. The Morgan fingerprint density at radius 1 is 1.18 bits per heavy atom. The van der Waals surface area contributed by atoms with Crippen LogP contribution in [0, 0.1) is 0 Å². The molecule has 0 aliphatic carbocycles. The Bertz CT molecular complexity index is 838. The summed E-state index contributed by atoms with van der Waals surface area (Å²) in [5, 5.41) is 10.2. The molecule has 3 N–H and O–H groups in total. The molecule has 2 rings (SSSR count). The van der Waals surface area contributed by atoms with Gasteiger partial charge in [-0.25, -0.2) is 4.98 Å². The number of thioether (sulfide) groups is 1. The first-order valence-electron chi connectivity index (χ1n) is 8.89. The van der Waals surface area contributed by atoms with Crippen molar-refractivity contribution in [3.05, 3.63) is 35.3 Å². The van der Waals surface area contributed by atoms with Crippen molar-refractivity contribution in [2.24, 2.45) is 0 Å². The van der Waals surface area contributed by atoms with Gasteiger partial charge in [0, 0.05) is 29.7 Å². The van der Waals surface area contributed by atoms with Crippen molar-refractivity contribution in [3.8, 4) is 0 Å². The lowest BCUT2D eigenvalue weighted by Crippen LogP contribution is -2.33. The van der Waals surface area contributed by atoms with Crippen molar-refractivity contribution >= 4 is 52.2 Å². The quantitative estimate of drug-likeness (QED) is 0.541. The molecule has 9 heteroatoms. The van der Waals surface area contributed by atoms with Crippen LogP contribution in [0.4, 0.5) is 11.4 Å². The van der Waals surface area contributed by atoms with Crippen molar-refractivity contribution in [2.45, 2.75) is 44.0 Å². The summed E-state index contributed by atoms with van der Waals surface area (Å²) in [6.07, 6.45) is 1.12. The van der Waals surface area contributed by atoms with E-state index in [1.54, 1.807) is 24.3 Å². The Kier molecular flexibility index (Phi) is 8.46. The van der Waals surface area contributed by atoms with E-state index in [0.29, 0.717) is 17.1 Å². The summed E-state index contributed by atoms with van der Waals surface area (Å²) in [6.45, 7) is 5.41. The molecule has 0 saturated heterocycles. The highest BCUT2D eigenvalue weighted by molar-refractivity contribution is 8.01. The highest BCUT2D eigenvalue weighted by atomic mass is 32.2. The summed E-state index contributed by atoms with van der Waals surface area (Å²) in [5.41, 5.74) is 1.94. The number of nitrogens with zero attached hydrogens (tertiary/aromatic N) is 1. The van der Waals surface area contributed by atoms with Gasteiger partial charge < -0.3 is 16.0 Å².